The molecule has 1 amide bonds. The van der Waals surface area contributed by atoms with Crippen molar-refractivity contribution in [3.63, 3.8) is 0 Å². The molecule has 0 fully saturated rings. The van der Waals surface area contributed by atoms with Crippen LogP contribution in [0.4, 0.5) is 5.95 Å². The van der Waals surface area contributed by atoms with Crippen molar-refractivity contribution in [1.29, 1.82) is 0 Å². The number of anilines is 1. The van der Waals surface area contributed by atoms with Crippen LogP contribution in [-0.4, -0.2) is 38.3 Å². The zero-order valence-electron chi connectivity index (χ0n) is 13.7. The highest BCUT2D eigenvalue weighted by Gasteiger charge is 2.08. The molecular weight excluding hydrogens is 408 g/mol. The van der Waals surface area contributed by atoms with Crippen molar-refractivity contribution < 1.29 is 9.53 Å². The van der Waals surface area contributed by atoms with E-state index < -0.39 is 0 Å². The number of aryl methyl sites for hydroxylation is 1. The molecule has 1 heterocycles. The number of hydrogen-bond donors (Lipinski definition) is 2. The number of aromatic nitrogens is 4. The van der Waals surface area contributed by atoms with Gasteiger partial charge in [0.15, 0.2) is 5.11 Å². The molecule has 0 unspecified atom stereocenters. The summed E-state index contributed by atoms with van der Waals surface area (Å²) in [6, 6.07) is 5.51. The molecule has 0 radical (unpaired) electrons. The molecule has 2 aromatic rings. The molecule has 0 bridgehead atoms. The average molecular weight is 425 g/mol. The molecule has 1 aromatic heterocycles. The van der Waals surface area contributed by atoms with Crippen LogP contribution in [0.25, 0.3) is 6.08 Å². The van der Waals surface area contributed by atoms with E-state index >= 15 is 0 Å². The summed E-state index contributed by atoms with van der Waals surface area (Å²) in [5, 5.41) is 16.7. The Morgan fingerprint density at radius 3 is 3.00 bits per heavy atom. The summed E-state index contributed by atoms with van der Waals surface area (Å²) in [5.74, 6) is 0.658. The van der Waals surface area contributed by atoms with Crippen LogP contribution in [0.3, 0.4) is 0 Å². The first-order valence-corrected chi connectivity index (χ1v) is 8.63. The molecule has 0 saturated carbocycles. The third kappa shape index (κ3) is 5.61. The molecule has 0 atom stereocenters. The number of benzene rings is 1. The maximum Gasteiger partial charge on any atom is 0.250 e. The van der Waals surface area contributed by atoms with Gasteiger partial charge in [0.1, 0.15) is 5.75 Å². The quantitative estimate of drug-likeness (QED) is 0.542. The molecule has 0 aliphatic heterocycles. The van der Waals surface area contributed by atoms with Crippen molar-refractivity contribution in [2.75, 3.05) is 12.4 Å². The summed E-state index contributed by atoms with van der Waals surface area (Å²) in [7, 11) is 1.57. The molecule has 10 heteroatoms. The second-order valence-electron chi connectivity index (χ2n) is 4.89. The van der Waals surface area contributed by atoms with E-state index in [9.17, 15) is 4.79 Å². The number of halogens is 1. The summed E-state index contributed by atoms with van der Waals surface area (Å²) in [4.78, 5) is 12.0. The third-order valence-corrected chi connectivity index (χ3v) is 3.73. The number of amides is 1. The van der Waals surface area contributed by atoms with E-state index in [2.05, 4.69) is 42.1 Å². The fourth-order valence-electron chi connectivity index (χ4n) is 1.94. The zero-order chi connectivity index (χ0) is 18.2. The molecule has 2 N–H and O–H groups in total. The summed E-state index contributed by atoms with van der Waals surface area (Å²) in [6.45, 7) is 2.65. The van der Waals surface area contributed by atoms with Gasteiger partial charge in [-0.1, -0.05) is 28.0 Å². The number of carbonyl (C=O) groups excluding carboxylic acids is 1. The van der Waals surface area contributed by atoms with Crippen molar-refractivity contribution in [1.82, 2.24) is 25.5 Å². The summed E-state index contributed by atoms with van der Waals surface area (Å²) in [6.07, 6.45) is 3.88. The van der Waals surface area contributed by atoms with Gasteiger partial charge in [-0.15, -0.1) is 0 Å². The van der Waals surface area contributed by atoms with Gasteiger partial charge in [-0.3, -0.25) is 15.4 Å². The number of carbonyl (C=O) groups is 1. The van der Waals surface area contributed by atoms with Gasteiger partial charge in [0.25, 0.3) is 0 Å². The molecule has 8 nitrogen and oxygen atoms in total. The molecule has 0 saturated heterocycles. The fourth-order valence-corrected chi connectivity index (χ4v) is 2.51. The highest BCUT2D eigenvalue weighted by molar-refractivity contribution is 9.10. The SMILES string of the molecule is CCCn1nnnc1NC(=S)NC(=O)/C=C/c1cc(Br)ccc1OC. The minimum atomic E-state index is -0.381. The number of rotatable bonds is 6. The van der Waals surface area contributed by atoms with Crippen LogP contribution in [0.1, 0.15) is 18.9 Å². The highest BCUT2D eigenvalue weighted by Crippen LogP contribution is 2.23. The number of nitrogens with zero attached hydrogens (tertiary/aromatic N) is 4. The Morgan fingerprint density at radius 2 is 2.28 bits per heavy atom. The van der Waals surface area contributed by atoms with Gasteiger partial charge in [-0.25, -0.2) is 4.68 Å². The van der Waals surface area contributed by atoms with E-state index in [0.29, 0.717) is 18.2 Å². The summed E-state index contributed by atoms with van der Waals surface area (Å²) >= 11 is 8.49. The van der Waals surface area contributed by atoms with Gasteiger partial charge in [0.05, 0.1) is 7.11 Å². The van der Waals surface area contributed by atoms with Gasteiger partial charge < -0.3 is 4.74 Å². The lowest BCUT2D eigenvalue weighted by molar-refractivity contribution is -0.115. The lowest BCUT2D eigenvalue weighted by atomic mass is 10.2. The molecular formula is C15H17BrN6O2S. The average Bonchev–Trinajstić information content (AvgIpc) is 3.00. The molecule has 0 aliphatic rings. The predicted octanol–water partition coefficient (Wildman–Crippen LogP) is 2.38. The monoisotopic (exact) mass is 424 g/mol. The van der Waals surface area contributed by atoms with Crippen molar-refractivity contribution >= 4 is 51.2 Å². The largest absolute Gasteiger partial charge is 0.496 e. The van der Waals surface area contributed by atoms with Crippen molar-refractivity contribution in [3.05, 3.63) is 34.3 Å². The van der Waals surface area contributed by atoms with Crippen molar-refractivity contribution in [2.45, 2.75) is 19.9 Å². The van der Waals surface area contributed by atoms with E-state index in [4.69, 9.17) is 17.0 Å². The van der Waals surface area contributed by atoms with Crippen molar-refractivity contribution in [2.24, 2.45) is 0 Å². The lowest BCUT2D eigenvalue weighted by Gasteiger charge is -2.08. The molecule has 25 heavy (non-hydrogen) atoms. The second kappa shape index (κ2) is 9.23. The van der Waals surface area contributed by atoms with Gasteiger partial charge in [0, 0.05) is 22.7 Å². The topological polar surface area (TPSA) is 94.0 Å². The van der Waals surface area contributed by atoms with E-state index in [-0.39, 0.29) is 11.0 Å². The van der Waals surface area contributed by atoms with Crippen LogP contribution < -0.4 is 15.4 Å². The van der Waals surface area contributed by atoms with Crippen molar-refractivity contribution in [3.8, 4) is 5.75 Å². The van der Waals surface area contributed by atoms with E-state index in [1.807, 2.05) is 19.1 Å². The maximum absolute atomic E-state index is 12.0. The molecule has 132 valence electrons. The molecule has 0 spiro atoms. The Labute approximate surface area is 158 Å². The number of thiocarbonyl (C=S) groups is 1. The molecule has 0 aliphatic carbocycles. The van der Waals surface area contributed by atoms with Crippen LogP contribution in [0.15, 0.2) is 28.7 Å². The van der Waals surface area contributed by atoms with E-state index in [1.165, 1.54) is 6.08 Å². The van der Waals surface area contributed by atoms with E-state index in [1.54, 1.807) is 23.9 Å². The third-order valence-electron chi connectivity index (χ3n) is 3.04. The predicted molar refractivity (Wildman–Crippen MR) is 102 cm³/mol. The minimum absolute atomic E-state index is 0.114. The zero-order valence-corrected chi connectivity index (χ0v) is 16.1. The van der Waals surface area contributed by atoms with Crippen LogP contribution >= 0.6 is 28.1 Å². The Balaban J connectivity index is 1.96. The minimum Gasteiger partial charge on any atom is -0.496 e. The smallest absolute Gasteiger partial charge is 0.250 e. The normalized spacial score (nSPS) is 10.7. The Bertz CT molecular complexity index is 792. The fraction of sp³-hybridized carbons (Fsp3) is 0.267. The summed E-state index contributed by atoms with van der Waals surface area (Å²) in [5.41, 5.74) is 0.762. The lowest BCUT2D eigenvalue weighted by Crippen LogP contribution is -2.33. The molecule has 2 rings (SSSR count). The first-order chi connectivity index (χ1) is 12.0. The number of tetrazole rings is 1. The maximum atomic E-state index is 12.0. The van der Waals surface area contributed by atoms with Crippen LogP contribution in [-0.2, 0) is 11.3 Å². The first-order valence-electron chi connectivity index (χ1n) is 7.43. The summed E-state index contributed by atoms with van der Waals surface area (Å²) < 4.78 is 7.71. The Morgan fingerprint density at radius 1 is 1.48 bits per heavy atom. The first kappa shape index (κ1) is 19.0. The van der Waals surface area contributed by atoms with Gasteiger partial charge in [-0.2, -0.15) is 0 Å². The second-order valence-corrected chi connectivity index (χ2v) is 6.21. The van der Waals surface area contributed by atoms with Crippen LogP contribution in [0.2, 0.25) is 0 Å². The highest BCUT2D eigenvalue weighted by atomic mass is 79.9. The van der Waals surface area contributed by atoms with Gasteiger partial charge in [0.2, 0.25) is 11.9 Å². The number of ether oxygens (including phenoxy) is 1. The van der Waals surface area contributed by atoms with Crippen LogP contribution in [0.5, 0.6) is 5.75 Å². The van der Waals surface area contributed by atoms with E-state index in [0.717, 1.165) is 16.5 Å². The number of hydrogen-bond acceptors (Lipinski definition) is 6. The van der Waals surface area contributed by atoms with Crippen LogP contribution in [0, 0.1) is 0 Å². The van der Waals surface area contributed by atoms with Gasteiger partial charge in [-0.05, 0) is 53.3 Å². The Kier molecular flexibility index (Phi) is 7.02. The Hall–Kier alpha value is -2.33. The van der Waals surface area contributed by atoms with Gasteiger partial charge >= 0.3 is 0 Å². The number of methoxy groups -OCH3 is 1. The number of nitrogens with one attached hydrogen (secondary N) is 2. The molecule has 1 aromatic carbocycles. The standard InChI is InChI=1S/C15H17BrN6O2S/c1-3-8-22-14(19-20-21-22)18-15(25)17-13(23)7-4-10-9-11(16)5-6-12(10)24-2/h4-7,9H,3,8H2,1-2H3,(H2,17,18,19,21,23,25)/b7-4+.